The topological polar surface area (TPSA) is 91.2 Å². The van der Waals surface area contributed by atoms with Gasteiger partial charge in [-0.2, -0.15) is 0 Å². The Morgan fingerprint density at radius 3 is 1.05 bits per heavy atom. The minimum atomic E-state index is 0.544. The lowest BCUT2D eigenvalue weighted by atomic mass is 9.97. The summed E-state index contributed by atoms with van der Waals surface area (Å²) in [5.41, 5.74) is 13.4. The summed E-state index contributed by atoms with van der Waals surface area (Å²) < 4.78 is 25.2. The normalized spacial score (nSPS) is 12.1. The van der Waals surface area contributed by atoms with Crippen LogP contribution in [0.5, 0.6) is 0 Å². The van der Waals surface area contributed by atoms with Crippen LogP contribution in [-0.4, -0.2) is 15.0 Å². The molecule has 5 heterocycles. The van der Waals surface area contributed by atoms with Gasteiger partial charge in [0.05, 0.1) is 0 Å². The van der Waals surface area contributed by atoms with Crippen molar-refractivity contribution in [1.29, 1.82) is 0 Å². The molecule has 0 fully saturated rings. The zero-order valence-corrected chi connectivity index (χ0v) is 33.9. The summed E-state index contributed by atoms with van der Waals surface area (Å²) in [5, 5.41) is 8.43. The summed E-state index contributed by atoms with van der Waals surface area (Å²) in [6.07, 6.45) is 0. The molecule has 5 aromatic heterocycles. The molecule has 0 amide bonds. The number of nitrogens with zero attached hydrogens (tertiary/aromatic N) is 3. The largest absolute Gasteiger partial charge is 0.456 e. The zero-order chi connectivity index (χ0) is 41.9. The Morgan fingerprint density at radius 2 is 0.531 bits per heavy atom. The summed E-state index contributed by atoms with van der Waals surface area (Å²) in [6.45, 7) is 0. The molecular weight excluding hydrogens is 791 g/mol. The fourth-order valence-electron chi connectivity index (χ4n) is 9.38. The summed E-state index contributed by atoms with van der Waals surface area (Å²) >= 11 is 0. The molecule has 7 nitrogen and oxygen atoms in total. The van der Waals surface area contributed by atoms with Crippen LogP contribution in [0.25, 0.3) is 144 Å². The van der Waals surface area contributed by atoms with Crippen LogP contribution in [-0.2, 0) is 0 Å². The van der Waals surface area contributed by atoms with Gasteiger partial charge in [-0.3, -0.25) is 0 Å². The molecule has 9 aromatic carbocycles. The number of rotatable bonds is 5. The molecule has 0 radical (unpaired) electrons. The smallest absolute Gasteiger partial charge is 0.164 e. The minimum absolute atomic E-state index is 0.544. The van der Waals surface area contributed by atoms with Crippen LogP contribution in [0.2, 0.25) is 0 Å². The maximum Gasteiger partial charge on any atom is 0.164 e. The fourth-order valence-corrected chi connectivity index (χ4v) is 9.38. The first-order chi connectivity index (χ1) is 31.6. The summed E-state index contributed by atoms with van der Waals surface area (Å²) in [7, 11) is 0. The average Bonchev–Trinajstić information content (AvgIpc) is 4.12. The Hall–Kier alpha value is -8.81. The maximum atomic E-state index is 6.39. The van der Waals surface area contributed by atoms with Crippen molar-refractivity contribution in [1.82, 2.24) is 15.0 Å². The number of hydrogen-bond acceptors (Lipinski definition) is 7. The SMILES string of the molecule is c1cc(-c2cccc(-c3nc(-c4ccc5c(c4)oc4ccccc45)nc(-c4ccc5c(c4)oc4ccccc45)n3)c2)cc(-c2ccc3oc4cc5c(cc4c3c2)oc2ccccc25)c1. The molecule has 0 unspecified atom stereocenters. The van der Waals surface area contributed by atoms with Gasteiger partial charge in [0.15, 0.2) is 17.5 Å². The number of aromatic nitrogens is 3. The van der Waals surface area contributed by atoms with E-state index < -0.39 is 0 Å². The van der Waals surface area contributed by atoms with Crippen molar-refractivity contribution in [3.05, 3.63) is 188 Å². The lowest BCUT2D eigenvalue weighted by molar-refractivity contribution is 0.664. The highest BCUT2D eigenvalue weighted by molar-refractivity contribution is 6.15. The van der Waals surface area contributed by atoms with E-state index in [4.69, 9.17) is 32.6 Å². The molecule has 14 aromatic rings. The van der Waals surface area contributed by atoms with Gasteiger partial charge in [-0.1, -0.05) is 109 Å². The first kappa shape index (κ1) is 34.9. The number of benzene rings is 9. The van der Waals surface area contributed by atoms with Crippen molar-refractivity contribution >= 4 is 87.8 Å². The van der Waals surface area contributed by atoms with E-state index in [9.17, 15) is 0 Å². The zero-order valence-electron chi connectivity index (χ0n) is 33.9. The number of para-hydroxylation sites is 3. The molecule has 0 bridgehead atoms. The van der Waals surface area contributed by atoms with Gasteiger partial charge in [-0.15, -0.1) is 0 Å². The predicted octanol–water partition coefficient (Wildman–Crippen LogP) is 15.8. The third-order valence-corrected chi connectivity index (χ3v) is 12.5. The van der Waals surface area contributed by atoms with Gasteiger partial charge in [0.2, 0.25) is 0 Å². The molecule has 0 atom stereocenters. The second-order valence-electron chi connectivity index (χ2n) is 16.3. The van der Waals surface area contributed by atoms with Crippen LogP contribution in [0.3, 0.4) is 0 Å². The highest BCUT2D eigenvalue weighted by atomic mass is 16.3. The van der Waals surface area contributed by atoms with Gasteiger partial charge >= 0.3 is 0 Å². The summed E-state index contributed by atoms with van der Waals surface area (Å²) in [5.74, 6) is 1.65. The number of furan rings is 4. The molecule has 0 spiro atoms. The van der Waals surface area contributed by atoms with Gasteiger partial charge in [0.1, 0.15) is 44.7 Å². The molecule has 298 valence electrons. The Balaban J connectivity index is 0.869. The average molecular weight is 822 g/mol. The lowest BCUT2D eigenvalue weighted by Crippen LogP contribution is -2.00. The van der Waals surface area contributed by atoms with E-state index in [1.54, 1.807) is 0 Å². The Bertz CT molecular complexity index is 4090. The number of fused-ring (bicyclic) bond motifs is 12. The molecular formula is C57H31N3O4. The van der Waals surface area contributed by atoms with Crippen LogP contribution >= 0.6 is 0 Å². The Morgan fingerprint density at radius 1 is 0.203 bits per heavy atom. The van der Waals surface area contributed by atoms with Crippen LogP contribution in [0.1, 0.15) is 0 Å². The predicted molar refractivity (Wildman–Crippen MR) is 256 cm³/mol. The highest BCUT2D eigenvalue weighted by Gasteiger charge is 2.18. The van der Waals surface area contributed by atoms with E-state index in [0.29, 0.717) is 17.5 Å². The van der Waals surface area contributed by atoms with Crippen molar-refractivity contribution in [3.8, 4) is 56.4 Å². The molecule has 0 saturated heterocycles. The monoisotopic (exact) mass is 821 g/mol. The van der Waals surface area contributed by atoms with Gasteiger partial charge in [0.25, 0.3) is 0 Å². The Kier molecular flexibility index (Phi) is 7.27. The second kappa shape index (κ2) is 13.3. The first-order valence-electron chi connectivity index (χ1n) is 21.2. The van der Waals surface area contributed by atoms with Crippen molar-refractivity contribution in [2.45, 2.75) is 0 Å². The third-order valence-electron chi connectivity index (χ3n) is 12.5. The van der Waals surface area contributed by atoms with Gasteiger partial charge < -0.3 is 17.7 Å². The van der Waals surface area contributed by atoms with E-state index in [1.165, 1.54) is 0 Å². The van der Waals surface area contributed by atoms with Gasteiger partial charge in [0, 0.05) is 59.8 Å². The molecule has 7 heteroatoms. The molecule has 0 N–H and O–H groups in total. The molecule has 0 aliphatic carbocycles. The van der Waals surface area contributed by atoms with Crippen molar-refractivity contribution < 1.29 is 17.7 Å². The summed E-state index contributed by atoms with van der Waals surface area (Å²) in [6, 6.07) is 64.2. The van der Waals surface area contributed by atoms with Crippen LogP contribution in [0.4, 0.5) is 0 Å². The molecule has 0 saturated carbocycles. The maximum absolute atomic E-state index is 6.39. The van der Waals surface area contributed by atoms with E-state index in [2.05, 4.69) is 121 Å². The highest BCUT2D eigenvalue weighted by Crippen LogP contribution is 2.40. The molecule has 14 rings (SSSR count). The summed E-state index contributed by atoms with van der Waals surface area (Å²) in [4.78, 5) is 15.4. The van der Waals surface area contributed by atoms with Gasteiger partial charge in [-0.05, 0) is 101 Å². The van der Waals surface area contributed by atoms with Crippen LogP contribution in [0.15, 0.2) is 206 Å². The van der Waals surface area contributed by atoms with Crippen molar-refractivity contribution in [3.63, 3.8) is 0 Å². The Labute approximate surface area is 363 Å². The van der Waals surface area contributed by atoms with E-state index in [1.807, 2.05) is 66.7 Å². The quantitative estimate of drug-likeness (QED) is 0.171. The van der Waals surface area contributed by atoms with E-state index in [-0.39, 0.29) is 0 Å². The third kappa shape index (κ3) is 5.44. The van der Waals surface area contributed by atoms with Crippen molar-refractivity contribution in [2.75, 3.05) is 0 Å². The van der Waals surface area contributed by atoms with E-state index >= 15 is 0 Å². The van der Waals surface area contributed by atoms with E-state index in [0.717, 1.165) is 127 Å². The van der Waals surface area contributed by atoms with Gasteiger partial charge in [-0.25, -0.2) is 15.0 Å². The minimum Gasteiger partial charge on any atom is -0.456 e. The first-order valence-corrected chi connectivity index (χ1v) is 21.2. The number of hydrogen-bond donors (Lipinski definition) is 0. The standard InChI is InChI=1S/C57H31N3O4/c1-4-16-47-39(13-1)42-22-19-37(28-51(42)61-47)56-58-55(59-57(60-56)38-20-23-43-40-14-2-5-17-48(40)62-52(43)29-38)36-12-8-11-34(26-36)32-9-7-10-33(25-32)35-21-24-50-44(27-35)46-31-53-45(30-54(46)64-50)41-15-3-6-18-49(41)63-53/h1-31H. The van der Waals surface area contributed by atoms with Crippen LogP contribution in [0, 0.1) is 0 Å². The lowest BCUT2D eigenvalue weighted by Gasteiger charge is -2.10. The molecule has 0 aliphatic heterocycles. The fraction of sp³-hybridized carbons (Fsp3) is 0. The van der Waals surface area contributed by atoms with Crippen molar-refractivity contribution in [2.24, 2.45) is 0 Å². The van der Waals surface area contributed by atoms with Crippen LogP contribution < -0.4 is 0 Å². The molecule has 0 aliphatic rings. The second-order valence-corrected chi connectivity index (χ2v) is 16.3. The molecule has 64 heavy (non-hydrogen) atoms.